The van der Waals surface area contributed by atoms with E-state index in [1.165, 1.54) is 11.1 Å². The number of benzene rings is 1. The molecule has 3 heterocycles. The van der Waals surface area contributed by atoms with E-state index in [0.29, 0.717) is 26.2 Å². The minimum atomic E-state index is -1.24. The second-order valence-corrected chi connectivity index (χ2v) is 9.06. The lowest BCUT2D eigenvalue weighted by molar-refractivity contribution is -0.141. The molecule has 0 radical (unpaired) electrons. The zero-order valence-electron chi connectivity index (χ0n) is 14.9. The predicted molar refractivity (Wildman–Crippen MR) is 98.7 cm³/mol. The van der Waals surface area contributed by atoms with Gasteiger partial charge in [-0.3, -0.25) is 4.79 Å². The molecule has 1 atom stereocenters. The average Bonchev–Trinajstić information content (AvgIpc) is 3.33. The van der Waals surface area contributed by atoms with Gasteiger partial charge in [0.1, 0.15) is 5.58 Å². The minimum Gasteiger partial charge on any atom is -0.593 e. The standard InChI is InChI=1S/C19H22N2O4S/c1-19(2,12-22)18(23)20-8-14-10-21(11-15(14)9-20)26(24)16-3-4-17-13(7-16)5-6-25-17/h3-7,22H,8-12H2,1-2H3. The van der Waals surface area contributed by atoms with E-state index >= 15 is 0 Å². The van der Waals surface area contributed by atoms with Crippen molar-refractivity contribution in [3.8, 4) is 0 Å². The Morgan fingerprint density at radius 1 is 1.23 bits per heavy atom. The molecular weight excluding hydrogens is 352 g/mol. The Labute approximate surface area is 155 Å². The number of aliphatic hydroxyl groups excluding tert-OH is 1. The van der Waals surface area contributed by atoms with Crippen LogP contribution in [0.25, 0.3) is 11.0 Å². The van der Waals surface area contributed by atoms with E-state index < -0.39 is 16.8 Å². The number of carbonyl (C=O) groups excluding carboxylic acids is 1. The summed E-state index contributed by atoms with van der Waals surface area (Å²) >= 11 is -1.24. The van der Waals surface area contributed by atoms with Crippen molar-refractivity contribution in [1.82, 2.24) is 9.21 Å². The molecular formula is C19H22N2O4S. The molecule has 2 aliphatic heterocycles. The molecule has 1 N–H and O–H groups in total. The van der Waals surface area contributed by atoms with Gasteiger partial charge in [-0.05, 0) is 43.2 Å². The van der Waals surface area contributed by atoms with E-state index in [4.69, 9.17) is 4.42 Å². The van der Waals surface area contributed by atoms with Gasteiger partial charge < -0.3 is 19.0 Å². The van der Waals surface area contributed by atoms with E-state index in [1.54, 1.807) is 25.0 Å². The van der Waals surface area contributed by atoms with E-state index in [-0.39, 0.29) is 12.5 Å². The second kappa shape index (κ2) is 6.42. The van der Waals surface area contributed by atoms with Crippen LogP contribution in [0, 0.1) is 5.41 Å². The molecule has 0 saturated heterocycles. The SMILES string of the molecule is CC(C)(CO)C(=O)N1CC2=C(C1)CN([S+]([O-])c1ccc3occc3c1)C2. The van der Waals surface area contributed by atoms with Gasteiger partial charge in [-0.15, -0.1) is 4.31 Å². The van der Waals surface area contributed by atoms with Crippen LogP contribution in [0.4, 0.5) is 0 Å². The van der Waals surface area contributed by atoms with Crippen LogP contribution in [0.5, 0.6) is 0 Å². The molecule has 2 aromatic rings. The third-order valence-corrected chi connectivity index (χ3v) is 6.50. The van der Waals surface area contributed by atoms with Crippen molar-refractivity contribution in [3.63, 3.8) is 0 Å². The molecule has 1 unspecified atom stereocenters. The highest BCUT2D eigenvalue weighted by Crippen LogP contribution is 2.32. The molecule has 138 valence electrons. The van der Waals surface area contributed by atoms with E-state index in [9.17, 15) is 14.5 Å². The first-order valence-electron chi connectivity index (χ1n) is 8.63. The first kappa shape index (κ1) is 17.6. The molecule has 0 bridgehead atoms. The molecule has 4 rings (SSSR count). The zero-order chi connectivity index (χ0) is 18.5. The number of furan rings is 1. The minimum absolute atomic E-state index is 0.0347. The summed E-state index contributed by atoms with van der Waals surface area (Å²) in [7, 11) is 0. The third-order valence-electron chi connectivity index (χ3n) is 5.12. The normalized spacial score (nSPS) is 19.5. The molecule has 0 fully saturated rings. The fourth-order valence-electron chi connectivity index (χ4n) is 3.50. The van der Waals surface area contributed by atoms with Crippen molar-refractivity contribution < 1.29 is 18.9 Å². The monoisotopic (exact) mass is 374 g/mol. The van der Waals surface area contributed by atoms with Crippen molar-refractivity contribution in [1.29, 1.82) is 0 Å². The Morgan fingerprint density at radius 3 is 2.58 bits per heavy atom. The number of aliphatic hydroxyl groups is 1. The zero-order valence-corrected chi connectivity index (χ0v) is 15.7. The summed E-state index contributed by atoms with van der Waals surface area (Å²) in [6, 6.07) is 7.45. The summed E-state index contributed by atoms with van der Waals surface area (Å²) in [5, 5.41) is 10.4. The van der Waals surface area contributed by atoms with Crippen LogP contribution in [0.1, 0.15) is 13.8 Å². The maximum absolute atomic E-state index is 12.9. The highest BCUT2D eigenvalue weighted by atomic mass is 32.2. The maximum Gasteiger partial charge on any atom is 0.231 e. The Hall–Kier alpha value is -1.80. The highest BCUT2D eigenvalue weighted by Gasteiger charge is 2.40. The fraction of sp³-hybridized carbons (Fsp3) is 0.421. The predicted octanol–water partition coefficient (Wildman–Crippen LogP) is 1.93. The molecule has 1 aromatic heterocycles. The first-order chi connectivity index (χ1) is 12.4. The number of hydrogen-bond donors (Lipinski definition) is 1. The summed E-state index contributed by atoms with van der Waals surface area (Å²) in [4.78, 5) is 15.1. The molecule has 0 aliphatic carbocycles. The summed E-state index contributed by atoms with van der Waals surface area (Å²) in [5.41, 5.74) is 2.37. The first-order valence-corrected chi connectivity index (χ1v) is 9.74. The van der Waals surface area contributed by atoms with Crippen LogP contribution in [0.15, 0.2) is 51.0 Å². The molecule has 6 nitrogen and oxygen atoms in total. The number of rotatable bonds is 4. The largest absolute Gasteiger partial charge is 0.593 e. The topological polar surface area (TPSA) is 80.0 Å². The van der Waals surface area contributed by atoms with Crippen molar-refractivity contribution in [2.75, 3.05) is 32.8 Å². The number of hydrogen-bond acceptors (Lipinski definition) is 5. The molecule has 7 heteroatoms. The second-order valence-electron chi connectivity index (χ2n) is 7.58. The van der Waals surface area contributed by atoms with Crippen molar-refractivity contribution in [2.45, 2.75) is 18.7 Å². The van der Waals surface area contributed by atoms with E-state index in [0.717, 1.165) is 15.9 Å². The fourth-order valence-corrected chi connectivity index (χ4v) is 4.76. The van der Waals surface area contributed by atoms with Crippen LogP contribution in [-0.4, -0.2) is 57.6 Å². The number of nitrogens with zero attached hydrogens (tertiary/aromatic N) is 2. The lowest BCUT2D eigenvalue weighted by Gasteiger charge is -2.29. The third kappa shape index (κ3) is 2.95. The van der Waals surface area contributed by atoms with Gasteiger partial charge in [-0.2, -0.15) is 0 Å². The van der Waals surface area contributed by atoms with Crippen LogP contribution in [0.3, 0.4) is 0 Å². The lowest BCUT2D eigenvalue weighted by Crippen LogP contribution is -2.43. The Kier molecular flexibility index (Phi) is 4.35. The van der Waals surface area contributed by atoms with Gasteiger partial charge in [0, 0.05) is 24.5 Å². The maximum atomic E-state index is 12.9. The van der Waals surface area contributed by atoms with Crippen molar-refractivity contribution in [3.05, 3.63) is 41.7 Å². The summed E-state index contributed by atoms with van der Waals surface area (Å²) in [5.74, 6) is -0.0347. The molecule has 1 aromatic carbocycles. The highest BCUT2D eigenvalue weighted by molar-refractivity contribution is 7.89. The molecule has 0 spiro atoms. The van der Waals surface area contributed by atoms with Gasteiger partial charge in [0.2, 0.25) is 5.91 Å². The van der Waals surface area contributed by atoms with Gasteiger partial charge in [0.15, 0.2) is 4.90 Å². The molecule has 26 heavy (non-hydrogen) atoms. The number of carbonyl (C=O) groups is 1. The van der Waals surface area contributed by atoms with Gasteiger partial charge >= 0.3 is 0 Å². The number of amides is 1. The van der Waals surface area contributed by atoms with Gasteiger partial charge in [-0.25, -0.2) is 0 Å². The summed E-state index contributed by atoms with van der Waals surface area (Å²) < 4.78 is 20.2. The Balaban J connectivity index is 1.42. The Morgan fingerprint density at radius 2 is 1.92 bits per heavy atom. The smallest absolute Gasteiger partial charge is 0.231 e. The lowest BCUT2D eigenvalue weighted by atomic mass is 9.93. The summed E-state index contributed by atoms with van der Waals surface area (Å²) in [6.45, 7) is 5.68. The van der Waals surface area contributed by atoms with Crippen LogP contribution >= 0.6 is 0 Å². The van der Waals surface area contributed by atoms with Crippen LogP contribution in [-0.2, 0) is 16.2 Å². The van der Waals surface area contributed by atoms with Crippen molar-refractivity contribution >= 4 is 28.2 Å². The van der Waals surface area contributed by atoms with E-state index in [1.807, 2.05) is 28.6 Å². The van der Waals surface area contributed by atoms with E-state index in [2.05, 4.69) is 0 Å². The Bertz CT molecular complexity index is 871. The molecule has 1 amide bonds. The quantitative estimate of drug-likeness (QED) is 0.653. The summed E-state index contributed by atoms with van der Waals surface area (Å²) in [6.07, 6.45) is 1.63. The van der Waals surface area contributed by atoms with Gasteiger partial charge in [-0.1, -0.05) is 0 Å². The van der Waals surface area contributed by atoms with Crippen LogP contribution < -0.4 is 0 Å². The van der Waals surface area contributed by atoms with Gasteiger partial charge in [0.25, 0.3) is 0 Å². The number of fused-ring (bicyclic) bond motifs is 1. The molecule has 2 aliphatic rings. The molecule has 0 saturated carbocycles. The van der Waals surface area contributed by atoms with Crippen molar-refractivity contribution in [2.24, 2.45) is 5.41 Å². The van der Waals surface area contributed by atoms with Crippen LogP contribution in [0.2, 0.25) is 0 Å². The average molecular weight is 374 g/mol. The van der Waals surface area contributed by atoms with Gasteiger partial charge in [0.05, 0.1) is 42.7 Å².